The molecule has 194 valence electrons. The maximum Gasteiger partial charge on any atom is 0.408 e. The van der Waals surface area contributed by atoms with Crippen LogP contribution in [0.5, 0.6) is 0 Å². The summed E-state index contributed by atoms with van der Waals surface area (Å²) < 4.78 is 5.49. The summed E-state index contributed by atoms with van der Waals surface area (Å²) >= 11 is 0. The van der Waals surface area contributed by atoms with Gasteiger partial charge in [-0.05, 0) is 45.7 Å². The molecule has 2 amide bonds. The number of ether oxygens (including phenoxy) is 1. The maximum absolute atomic E-state index is 13.9. The van der Waals surface area contributed by atoms with Gasteiger partial charge in [0, 0.05) is 18.0 Å². The number of carbonyl (C=O) groups is 3. The topological polar surface area (TPSA) is 79.0 Å². The molecule has 0 aromatic heterocycles. The van der Waals surface area contributed by atoms with E-state index in [2.05, 4.69) is 10.2 Å². The minimum Gasteiger partial charge on any atom is -0.444 e. The van der Waals surface area contributed by atoms with Gasteiger partial charge in [-0.25, -0.2) is 4.79 Å². The quantitative estimate of drug-likeness (QED) is 0.613. The summed E-state index contributed by atoms with van der Waals surface area (Å²) in [6.07, 6.45) is 7.47. The lowest BCUT2D eigenvalue weighted by Gasteiger charge is -2.36. The molecule has 0 radical (unpaired) electrons. The van der Waals surface area contributed by atoms with E-state index in [1.54, 1.807) is 25.7 Å². The van der Waals surface area contributed by atoms with Gasteiger partial charge >= 0.3 is 6.09 Å². The first kappa shape index (κ1) is 27.0. The van der Waals surface area contributed by atoms with Crippen LogP contribution in [0.1, 0.15) is 86.5 Å². The van der Waals surface area contributed by atoms with Gasteiger partial charge in [0.25, 0.3) is 5.91 Å². The second kappa shape index (κ2) is 11.0. The number of hydrogen-bond acceptors (Lipinski definition) is 5. The van der Waals surface area contributed by atoms with Gasteiger partial charge < -0.3 is 19.9 Å². The maximum atomic E-state index is 13.9. The Morgan fingerprint density at radius 3 is 2.09 bits per heavy atom. The van der Waals surface area contributed by atoms with E-state index in [9.17, 15) is 14.4 Å². The lowest BCUT2D eigenvalue weighted by Crippen LogP contribution is -2.55. The monoisotopic (exact) mass is 485 g/mol. The molecule has 1 fully saturated rings. The molecule has 1 atom stereocenters. The van der Waals surface area contributed by atoms with Crippen molar-refractivity contribution in [2.24, 2.45) is 5.41 Å². The van der Waals surface area contributed by atoms with Crippen LogP contribution in [-0.4, -0.2) is 48.6 Å². The highest BCUT2D eigenvalue weighted by molar-refractivity contribution is 6.07. The number of amides is 2. The predicted molar refractivity (Wildman–Crippen MR) is 140 cm³/mol. The molecule has 1 N–H and O–H groups in total. The highest BCUT2D eigenvalue weighted by atomic mass is 16.6. The molecule has 0 spiro atoms. The van der Waals surface area contributed by atoms with Crippen molar-refractivity contribution in [3.63, 3.8) is 0 Å². The van der Waals surface area contributed by atoms with Crippen molar-refractivity contribution in [1.29, 1.82) is 0 Å². The van der Waals surface area contributed by atoms with Crippen molar-refractivity contribution < 1.29 is 19.1 Å². The summed E-state index contributed by atoms with van der Waals surface area (Å²) in [6.45, 7) is 11.3. The fourth-order valence-electron chi connectivity index (χ4n) is 4.81. The van der Waals surface area contributed by atoms with E-state index in [0.29, 0.717) is 6.54 Å². The molecule has 7 nitrogen and oxygen atoms in total. The number of carbonyl (C=O) groups excluding carboxylic acids is 3. The standard InChI is InChI=1S/C28H43N3O4/c1-27(2,3)24(32)19-31-23-17-13-12-16-22(23)30(20-14-10-8-7-9-11-15-20)18-21(25(31)33)29-26(34)35-28(4,5)6/h12-13,16-17,20-21H,7-11,14-15,18-19H2,1-6H3,(H,29,34). The van der Waals surface area contributed by atoms with Crippen molar-refractivity contribution in [3.8, 4) is 0 Å². The Hall–Kier alpha value is -2.57. The zero-order valence-electron chi connectivity index (χ0n) is 22.4. The van der Waals surface area contributed by atoms with Crippen LogP contribution >= 0.6 is 0 Å². The number of benzene rings is 1. The molecule has 7 heteroatoms. The number of hydrogen-bond donors (Lipinski definition) is 1. The van der Waals surface area contributed by atoms with E-state index >= 15 is 0 Å². The largest absolute Gasteiger partial charge is 0.444 e. The Morgan fingerprint density at radius 2 is 1.51 bits per heavy atom. The number of para-hydroxylation sites is 2. The minimum atomic E-state index is -0.824. The van der Waals surface area contributed by atoms with Gasteiger partial charge in [0.2, 0.25) is 0 Å². The first-order valence-corrected chi connectivity index (χ1v) is 13.1. The van der Waals surface area contributed by atoms with Gasteiger partial charge in [-0.3, -0.25) is 9.59 Å². The summed E-state index contributed by atoms with van der Waals surface area (Å²) in [5, 5.41) is 2.83. The van der Waals surface area contributed by atoms with E-state index in [1.807, 2.05) is 45.0 Å². The Labute approximate surface area is 210 Å². The van der Waals surface area contributed by atoms with Crippen LogP contribution in [0.25, 0.3) is 0 Å². The van der Waals surface area contributed by atoms with E-state index in [-0.39, 0.29) is 24.3 Å². The average molecular weight is 486 g/mol. The van der Waals surface area contributed by atoms with Gasteiger partial charge in [0.1, 0.15) is 11.6 Å². The molecule has 1 heterocycles. The third-order valence-corrected chi connectivity index (χ3v) is 6.77. The molecule has 1 aliphatic heterocycles. The molecule has 3 rings (SSSR count). The first-order chi connectivity index (χ1) is 16.4. The fourth-order valence-corrected chi connectivity index (χ4v) is 4.81. The van der Waals surface area contributed by atoms with Crippen LogP contribution in [0.15, 0.2) is 24.3 Å². The minimum absolute atomic E-state index is 0.0314. The highest BCUT2D eigenvalue weighted by Gasteiger charge is 2.39. The summed E-state index contributed by atoms with van der Waals surface area (Å²) in [4.78, 5) is 43.6. The van der Waals surface area contributed by atoms with Gasteiger partial charge in [0.15, 0.2) is 5.78 Å². The second-order valence-electron chi connectivity index (χ2n) is 11.9. The van der Waals surface area contributed by atoms with Crippen LogP contribution in [0, 0.1) is 5.41 Å². The molecule has 1 aromatic carbocycles. The SMILES string of the molecule is CC(C)(C)OC(=O)NC1CN(C2CCCCCCC2)c2ccccc2N(CC(=O)C(C)(C)C)C1=O. The number of anilines is 2. The molecule has 1 unspecified atom stereocenters. The van der Waals surface area contributed by atoms with E-state index < -0.39 is 23.2 Å². The molecule has 1 aromatic rings. The van der Waals surface area contributed by atoms with Crippen molar-refractivity contribution in [2.45, 2.75) is 104 Å². The number of ketones is 1. The Morgan fingerprint density at radius 1 is 0.943 bits per heavy atom. The number of fused-ring (bicyclic) bond motifs is 1. The third-order valence-electron chi connectivity index (χ3n) is 6.77. The number of nitrogens with zero attached hydrogens (tertiary/aromatic N) is 2. The normalized spacial score (nSPS) is 20.4. The van der Waals surface area contributed by atoms with E-state index in [4.69, 9.17) is 4.74 Å². The summed E-state index contributed by atoms with van der Waals surface area (Å²) in [5.74, 6) is -0.315. The Balaban J connectivity index is 2.01. The fraction of sp³-hybridized carbons (Fsp3) is 0.679. The number of nitrogens with one attached hydrogen (secondary N) is 1. The molecule has 1 aliphatic carbocycles. The first-order valence-electron chi connectivity index (χ1n) is 13.1. The van der Waals surface area contributed by atoms with Crippen LogP contribution in [0.3, 0.4) is 0 Å². The zero-order chi connectivity index (χ0) is 25.8. The van der Waals surface area contributed by atoms with Gasteiger partial charge in [-0.2, -0.15) is 0 Å². The molecular weight excluding hydrogens is 442 g/mol. The van der Waals surface area contributed by atoms with Crippen molar-refractivity contribution in [1.82, 2.24) is 5.32 Å². The molecule has 0 saturated heterocycles. The van der Waals surface area contributed by atoms with Crippen molar-refractivity contribution >= 4 is 29.2 Å². The Kier molecular flexibility index (Phi) is 8.50. The van der Waals surface area contributed by atoms with E-state index in [0.717, 1.165) is 37.1 Å². The zero-order valence-corrected chi connectivity index (χ0v) is 22.4. The molecular formula is C28H43N3O4. The second-order valence-corrected chi connectivity index (χ2v) is 11.9. The van der Waals surface area contributed by atoms with Crippen molar-refractivity contribution in [3.05, 3.63) is 24.3 Å². The summed E-state index contributed by atoms with van der Waals surface area (Å²) in [7, 11) is 0. The molecule has 0 bridgehead atoms. The highest BCUT2D eigenvalue weighted by Crippen LogP contribution is 2.37. The predicted octanol–water partition coefficient (Wildman–Crippen LogP) is 5.46. The third kappa shape index (κ3) is 7.21. The lowest BCUT2D eigenvalue weighted by molar-refractivity contribution is -0.127. The van der Waals surface area contributed by atoms with Crippen LogP contribution in [0.4, 0.5) is 16.2 Å². The Bertz CT molecular complexity index is 908. The molecule has 2 aliphatic rings. The van der Waals surface area contributed by atoms with Crippen LogP contribution in [0.2, 0.25) is 0 Å². The van der Waals surface area contributed by atoms with Gasteiger partial charge in [0.05, 0.1) is 17.9 Å². The summed E-state index contributed by atoms with van der Waals surface area (Å²) in [5.41, 5.74) is 0.406. The van der Waals surface area contributed by atoms with Crippen molar-refractivity contribution in [2.75, 3.05) is 22.9 Å². The number of alkyl carbamates (subject to hydrolysis) is 1. The molecule has 35 heavy (non-hydrogen) atoms. The number of rotatable bonds is 4. The van der Waals surface area contributed by atoms with Gasteiger partial charge in [-0.1, -0.05) is 65.0 Å². The molecule has 1 saturated carbocycles. The smallest absolute Gasteiger partial charge is 0.408 e. The lowest BCUT2D eigenvalue weighted by atomic mass is 9.90. The van der Waals surface area contributed by atoms with Crippen LogP contribution in [-0.2, 0) is 14.3 Å². The van der Waals surface area contributed by atoms with E-state index in [1.165, 1.54) is 19.3 Å². The van der Waals surface area contributed by atoms with Gasteiger partial charge in [-0.15, -0.1) is 0 Å². The average Bonchev–Trinajstić information content (AvgIpc) is 2.82. The number of Topliss-reactive ketones (excluding diaryl/α,β-unsaturated/α-hetero) is 1. The summed E-state index contributed by atoms with van der Waals surface area (Å²) in [6, 6.07) is 7.27. The van der Waals surface area contributed by atoms with Crippen LogP contribution < -0.4 is 15.1 Å².